The van der Waals surface area contributed by atoms with Gasteiger partial charge < -0.3 is 37.2 Å². The second kappa shape index (κ2) is 16.8. The van der Waals surface area contributed by atoms with E-state index in [1.54, 1.807) is 31.3 Å². The number of benzene rings is 1. The van der Waals surface area contributed by atoms with Crippen LogP contribution in [-0.2, 0) is 24.0 Å². The smallest absolute Gasteiger partial charge is 0.326 e. The molecule has 0 aliphatic carbocycles. The summed E-state index contributed by atoms with van der Waals surface area (Å²) in [5.41, 5.74) is 5.67. The van der Waals surface area contributed by atoms with Crippen LogP contribution in [0.1, 0.15) is 76.1 Å². The van der Waals surface area contributed by atoms with Crippen molar-refractivity contribution in [2.24, 2.45) is 17.1 Å². The van der Waals surface area contributed by atoms with Crippen molar-refractivity contribution >= 4 is 41.3 Å². The van der Waals surface area contributed by atoms with E-state index in [2.05, 4.69) is 21.3 Å². The number of unbranched alkanes of at least 4 members (excludes halogenated alkanes) is 1. The topological polar surface area (TPSA) is 217 Å². The van der Waals surface area contributed by atoms with E-state index in [9.17, 15) is 39.0 Å². The summed E-state index contributed by atoms with van der Waals surface area (Å²) in [7, 11) is 1.78. The van der Waals surface area contributed by atoms with Crippen LogP contribution in [0.3, 0.4) is 0 Å². The summed E-state index contributed by atoms with van der Waals surface area (Å²) in [6, 6.07) is 4.82. The third-order valence-electron chi connectivity index (χ3n) is 6.67. The number of hydrogen-bond donors (Lipinski definition) is 7. The number of carbonyl (C=O) groups is 6. The lowest BCUT2D eigenvalue weighted by Gasteiger charge is -2.24. The monoisotopic (exact) mass is 577 g/mol. The molecule has 0 radical (unpaired) electrons. The maximum absolute atomic E-state index is 12.4. The molecule has 41 heavy (non-hydrogen) atoms. The number of anilines is 1. The largest absolute Gasteiger partial charge is 0.481 e. The Morgan fingerprint density at radius 2 is 1.51 bits per heavy atom. The van der Waals surface area contributed by atoms with Gasteiger partial charge >= 0.3 is 11.9 Å². The molecule has 4 amide bonds. The van der Waals surface area contributed by atoms with Gasteiger partial charge in [-0.15, -0.1) is 0 Å². The fourth-order valence-corrected chi connectivity index (χ4v) is 4.10. The Morgan fingerprint density at radius 3 is 2.05 bits per heavy atom. The number of carbonyl (C=O) groups excluding carboxylic acids is 4. The zero-order valence-corrected chi connectivity index (χ0v) is 24.1. The SMILES string of the molecule is CNc1ccc(C(=O)NCCCCC(NC(=O)CCCC(NC(=O)C(C)CC(C)(C)C(=O)O)C(=O)O)C(N)=O)cc1. The van der Waals surface area contributed by atoms with E-state index in [1.807, 2.05) is 0 Å². The number of aliphatic carboxylic acids is 2. The zero-order valence-electron chi connectivity index (χ0n) is 24.1. The van der Waals surface area contributed by atoms with Gasteiger partial charge in [0, 0.05) is 37.2 Å². The molecule has 1 aromatic carbocycles. The van der Waals surface area contributed by atoms with Gasteiger partial charge in [-0.1, -0.05) is 6.92 Å². The maximum Gasteiger partial charge on any atom is 0.326 e. The molecule has 0 aliphatic heterocycles. The first kappa shape index (κ1) is 34.9. The van der Waals surface area contributed by atoms with Gasteiger partial charge in [0.2, 0.25) is 17.7 Å². The highest BCUT2D eigenvalue weighted by Crippen LogP contribution is 2.26. The number of rotatable bonds is 19. The van der Waals surface area contributed by atoms with Crippen LogP contribution in [-0.4, -0.2) is 71.5 Å². The van der Waals surface area contributed by atoms with E-state index >= 15 is 0 Å². The lowest BCUT2D eigenvalue weighted by atomic mass is 9.83. The highest BCUT2D eigenvalue weighted by molar-refractivity contribution is 5.94. The predicted molar refractivity (Wildman–Crippen MR) is 152 cm³/mol. The van der Waals surface area contributed by atoms with Crippen molar-refractivity contribution in [1.82, 2.24) is 16.0 Å². The van der Waals surface area contributed by atoms with Gasteiger partial charge in [0.15, 0.2) is 0 Å². The lowest BCUT2D eigenvalue weighted by Crippen LogP contribution is -2.45. The molecular weight excluding hydrogens is 534 g/mol. The number of carboxylic acid groups (broad SMARTS) is 2. The molecule has 0 bridgehead atoms. The van der Waals surface area contributed by atoms with Crippen LogP contribution in [0.15, 0.2) is 24.3 Å². The van der Waals surface area contributed by atoms with Crippen molar-refractivity contribution in [3.05, 3.63) is 29.8 Å². The van der Waals surface area contributed by atoms with Gasteiger partial charge in [0.05, 0.1) is 5.41 Å². The Bertz CT molecular complexity index is 1070. The van der Waals surface area contributed by atoms with Gasteiger partial charge in [0.25, 0.3) is 5.91 Å². The molecule has 13 heteroatoms. The summed E-state index contributed by atoms with van der Waals surface area (Å²) in [6.45, 7) is 4.86. The van der Waals surface area contributed by atoms with E-state index in [4.69, 9.17) is 5.73 Å². The number of primary amides is 1. The third-order valence-corrected chi connectivity index (χ3v) is 6.67. The normalized spacial score (nSPS) is 13.3. The van der Waals surface area contributed by atoms with Crippen molar-refractivity contribution in [3.8, 4) is 0 Å². The number of nitrogens with one attached hydrogen (secondary N) is 4. The first-order valence-electron chi connectivity index (χ1n) is 13.6. The van der Waals surface area contributed by atoms with Crippen LogP contribution >= 0.6 is 0 Å². The van der Waals surface area contributed by atoms with Crippen LogP contribution in [0.25, 0.3) is 0 Å². The molecule has 0 fully saturated rings. The molecule has 0 spiro atoms. The first-order valence-corrected chi connectivity index (χ1v) is 13.6. The highest BCUT2D eigenvalue weighted by atomic mass is 16.4. The molecule has 0 saturated heterocycles. The van der Waals surface area contributed by atoms with E-state index in [0.29, 0.717) is 24.9 Å². The molecule has 0 aromatic heterocycles. The van der Waals surface area contributed by atoms with E-state index in [0.717, 1.165) is 5.69 Å². The minimum atomic E-state index is -1.28. The standard InChI is InChI=1S/C28H43N5O8/c1-17(16-28(2,3)27(40)41)24(36)33-21(26(38)39)9-7-10-22(34)32-20(23(29)35)8-5-6-15-31-25(37)18-11-13-19(30-4)14-12-18/h11-14,17,20-21,30H,5-10,15-16H2,1-4H3,(H2,29,35)(H,31,37)(H,32,34)(H,33,36)(H,38,39)(H,40,41). The summed E-state index contributed by atoms with van der Waals surface area (Å²) in [5, 5.41) is 29.4. The second-order valence-electron chi connectivity index (χ2n) is 10.7. The maximum atomic E-state index is 12.4. The Morgan fingerprint density at radius 1 is 0.902 bits per heavy atom. The number of carboxylic acids is 2. The molecule has 8 N–H and O–H groups in total. The molecule has 13 nitrogen and oxygen atoms in total. The van der Waals surface area contributed by atoms with Crippen molar-refractivity contribution in [2.45, 2.75) is 77.8 Å². The summed E-state index contributed by atoms with van der Waals surface area (Å²) in [5.74, 6) is -5.08. The molecule has 0 heterocycles. The van der Waals surface area contributed by atoms with Gasteiger partial charge in [-0.3, -0.25) is 24.0 Å². The predicted octanol–water partition coefficient (Wildman–Crippen LogP) is 1.48. The average molecular weight is 578 g/mol. The third kappa shape index (κ3) is 12.7. The molecule has 0 aliphatic rings. The van der Waals surface area contributed by atoms with Gasteiger partial charge in [-0.2, -0.15) is 0 Å². The molecular formula is C28H43N5O8. The van der Waals surface area contributed by atoms with E-state index in [-0.39, 0.29) is 38.0 Å². The van der Waals surface area contributed by atoms with Crippen LogP contribution in [0.2, 0.25) is 0 Å². The van der Waals surface area contributed by atoms with Gasteiger partial charge in [0.1, 0.15) is 12.1 Å². The average Bonchev–Trinajstić information content (AvgIpc) is 2.90. The second-order valence-corrected chi connectivity index (χ2v) is 10.7. The van der Waals surface area contributed by atoms with Crippen molar-refractivity contribution < 1.29 is 39.0 Å². The van der Waals surface area contributed by atoms with Crippen LogP contribution in [0.5, 0.6) is 0 Å². The van der Waals surface area contributed by atoms with Gasteiger partial charge in [-0.05, 0) is 76.6 Å². The molecule has 228 valence electrons. The van der Waals surface area contributed by atoms with Crippen LogP contribution in [0, 0.1) is 11.3 Å². The fourth-order valence-electron chi connectivity index (χ4n) is 4.10. The Balaban J connectivity index is 2.44. The molecule has 3 atom stereocenters. The van der Waals surface area contributed by atoms with E-state index < -0.39 is 53.1 Å². The minimum absolute atomic E-state index is 0.0224. The lowest BCUT2D eigenvalue weighted by molar-refractivity contribution is -0.149. The number of hydrogen-bond acceptors (Lipinski definition) is 7. The first-order chi connectivity index (χ1) is 19.2. The van der Waals surface area contributed by atoms with Gasteiger partial charge in [-0.25, -0.2) is 4.79 Å². The van der Waals surface area contributed by atoms with Crippen molar-refractivity contribution in [1.29, 1.82) is 0 Å². The summed E-state index contributed by atoms with van der Waals surface area (Å²) in [4.78, 5) is 71.7. The minimum Gasteiger partial charge on any atom is -0.481 e. The van der Waals surface area contributed by atoms with Crippen molar-refractivity contribution in [3.63, 3.8) is 0 Å². The zero-order chi connectivity index (χ0) is 31.2. The molecule has 1 rings (SSSR count). The molecule has 3 unspecified atom stereocenters. The Hall–Kier alpha value is -4.16. The Kier molecular flexibility index (Phi) is 14.3. The quantitative estimate of drug-likeness (QED) is 0.118. The van der Waals surface area contributed by atoms with E-state index in [1.165, 1.54) is 20.8 Å². The van der Waals surface area contributed by atoms with Crippen LogP contribution < -0.4 is 27.0 Å². The summed E-state index contributed by atoms with van der Waals surface area (Å²) in [6.07, 6.45) is 1.35. The highest BCUT2D eigenvalue weighted by Gasteiger charge is 2.33. The van der Waals surface area contributed by atoms with Crippen LogP contribution in [0.4, 0.5) is 5.69 Å². The molecule has 0 saturated carbocycles. The van der Waals surface area contributed by atoms with Crippen molar-refractivity contribution in [2.75, 3.05) is 18.9 Å². The summed E-state index contributed by atoms with van der Waals surface area (Å²) >= 11 is 0. The Labute approximate surface area is 240 Å². The fraction of sp³-hybridized carbons (Fsp3) is 0.571. The number of nitrogens with two attached hydrogens (primary N) is 1. The molecule has 1 aromatic rings. The number of amides is 4. The summed E-state index contributed by atoms with van der Waals surface area (Å²) < 4.78 is 0.